The minimum atomic E-state index is -4.38. The van der Waals surface area contributed by atoms with Crippen LogP contribution in [0.5, 0.6) is 0 Å². The summed E-state index contributed by atoms with van der Waals surface area (Å²) in [5, 5.41) is 2.69. The summed E-state index contributed by atoms with van der Waals surface area (Å²) < 4.78 is 43.4. The van der Waals surface area contributed by atoms with Crippen LogP contribution >= 0.6 is 0 Å². The lowest BCUT2D eigenvalue weighted by atomic mass is 10.1. The summed E-state index contributed by atoms with van der Waals surface area (Å²) in [6, 6.07) is 4.11. The number of rotatable bonds is 1. The van der Waals surface area contributed by atoms with E-state index in [0.717, 1.165) is 25.2 Å². The molecule has 1 N–H and O–H groups in total. The standard InChI is InChI=1S/C16H20F3N3O2/c1-21-6-11-7-22(14(8-21)10-24-9-11)15(23)20-13-4-2-12(3-5-13)16(17,18)19/h2-5,11,14H,6-10H2,1H3,(H,20,23)/t11-,14-/m0/s1. The van der Waals surface area contributed by atoms with Crippen molar-refractivity contribution in [3.63, 3.8) is 0 Å². The van der Waals surface area contributed by atoms with Crippen molar-refractivity contribution in [2.45, 2.75) is 12.2 Å². The molecule has 0 unspecified atom stereocenters. The van der Waals surface area contributed by atoms with Crippen LogP contribution in [0.15, 0.2) is 24.3 Å². The Kier molecular flexibility index (Phi) is 4.69. The van der Waals surface area contributed by atoms with Crippen molar-refractivity contribution in [1.82, 2.24) is 9.80 Å². The molecule has 2 heterocycles. The molecular weight excluding hydrogens is 323 g/mol. The highest BCUT2D eigenvalue weighted by atomic mass is 19.4. The van der Waals surface area contributed by atoms with Crippen LogP contribution < -0.4 is 5.32 Å². The second-order valence-electron chi connectivity index (χ2n) is 6.44. The SMILES string of the molecule is CN1C[C@@H]2COC[C@H](C1)N(C(=O)Nc1ccc(C(F)(F)F)cc1)C2. The number of benzene rings is 1. The maximum absolute atomic E-state index is 12.6. The van der Waals surface area contributed by atoms with Gasteiger partial charge in [0.15, 0.2) is 0 Å². The van der Waals surface area contributed by atoms with Crippen molar-refractivity contribution in [1.29, 1.82) is 0 Å². The zero-order chi connectivity index (χ0) is 17.3. The van der Waals surface area contributed by atoms with Crippen LogP contribution in [0.3, 0.4) is 0 Å². The van der Waals surface area contributed by atoms with Crippen molar-refractivity contribution in [2.24, 2.45) is 5.92 Å². The Morgan fingerprint density at radius 3 is 2.54 bits per heavy atom. The van der Waals surface area contributed by atoms with E-state index in [1.165, 1.54) is 12.1 Å². The summed E-state index contributed by atoms with van der Waals surface area (Å²) in [4.78, 5) is 16.5. The minimum Gasteiger partial charge on any atom is -0.379 e. The fourth-order valence-corrected chi connectivity index (χ4v) is 3.26. The first-order chi connectivity index (χ1) is 11.3. The van der Waals surface area contributed by atoms with Crippen molar-refractivity contribution in [2.75, 3.05) is 45.2 Å². The first-order valence-corrected chi connectivity index (χ1v) is 7.84. The first-order valence-electron chi connectivity index (χ1n) is 7.84. The van der Waals surface area contributed by atoms with E-state index in [0.29, 0.717) is 25.4 Å². The number of likely N-dealkylation sites (N-methyl/N-ethyl adjacent to an activating group) is 1. The van der Waals surface area contributed by atoms with Gasteiger partial charge in [0, 0.05) is 31.2 Å². The van der Waals surface area contributed by atoms with E-state index in [4.69, 9.17) is 4.74 Å². The van der Waals surface area contributed by atoms with E-state index in [9.17, 15) is 18.0 Å². The van der Waals surface area contributed by atoms with Gasteiger partial charge in [0.25, 0.3) is 0 Å². The van der Waals surface area contributed by atoms with Crippen molar-refractivity contribution in [3.8, 4) is 0 Å². The maximum Gasteiger partial charge on any atom is 0.416 e. The number of alkyl halides is 3. The van der Waals surface area contributed by atoms with Gasteiger partial charge in [-0.2, -0.15) is 13.2 Å². The number of amides is 2. The van der Waals surface area contributed by atoms with Gasteiger partial charge in [-0.15, -0.1) is 0 Å². The Morgan fingerprint density at radius 2 is 1.88 bits per heavy atom. The van der Waals surface area contributed by atoms with Crippen LogP contribution in [0.2, 0.25) is 0 Å². The normalized spacial score (nSPS) is 25.2. The smallest absolute Gasteiger partial charge is 0.379 e. The van der Waals surface area contributed by atoms with E-state index >= 15 is 0 Å². The number of urea groups is 1. The maximum atomic E-state index is 12.6. The summed E-state index contributed by atoms with van der Waals surface area (Å²) in [7, 11) is 2.02. The highest BCUT2D eigenvalue weighted by Crippen LogP contribution is 2.30. The first kappa shape index (κ1) is 17.0. The lowest BCUT2D eigenvalue weighted by Gasteiger charge is -2.29. The highest BCUT2D eigenvalue weighted by Gasteiger charge is 2.35. The molecule has 3 rings (SSSR count). The van der Waals surface area contributed by atoms with Gasteiger partial charge in [-0.05, 0) is 31.3 Å². The number of nitrogens with zero attached hydrogens (tertiary/aromatic N) is 2. The topological polar surface area (TPSA) is 44.8 Å². The fraction of sp³-hybridized carbons (Fsp3) is 0.562. The lowest BCUT2D eigenvalue weighted by molar-refractivity contribution is -0.137. The summed E-state index contributed by atoms with van der Waals surface area (Å²) in [6.45, 7) is 3.26. The second-order valence-corrected chi connectivity index (χ2v) is 6.44. The molecule has 8 heteroatoms. The fourth-order valence-electron chi connectivity index (χ4n) is 3.26. The highest BCUT2D eigenvalue weighted by molar-refractivity contribution is 5.89. The molecule has 2 saturated heterocycles. The molecule has 24 heavy (non-hydrogen) atoms. The summed E-state index contributed by atoms with van der Waals surface area (Å²) >= 11 is 0. The number of ether oxygens (including phenoxy) is 1. The molecule has 2 atom stereocenters. The van der Waals surface area contributed by atoms with E-state index < -0.39 is 11.7 Å². The molecule has 2 amide bonds. The monoisotopic (exact) mass is 343 g/mol. The molecule has 2 aliphatic rings. The van der Waals surface area contributed by atoms with Crippen molar-refractivity contribution in [3.05, 3.63) is 29.8 Å². The number of hydrogen-bond acceptors (Lipinski definition) is 3. The van der Waals surface area contributed by atoms with Crippen molar-refractivity contribution < 1.29 is 22.7 Å². The molecule has 0 radical (unpaired) electrons. The summed E-state index contributed by atoms with van der Waals surface area (Å²) in [5.41, 5.74) is -0.387. The van der Waals surface area contributed by atoms with E-state index in [1.807, 2.05) is 7.05 Å². The number of carbonyl (C=O) groups excluding carboxylic acids is 1. The third-order valence-corrected chi connectivity index (χ3v) is 4.38. The Bertz CT molecular complexity index is 591. The Balaban J connectivity index is 1.70. The molecule has 5 nitrogen and oxygen atoms in total. The predicted molar refractivity (Wildman–Crippen MR) is 82.8 cm³/mol. The molecule has 132 valence electrons. The molecule has 2 aliphatic heterocycles. The van der Waals surface area contributed by atoms with Crippen LogP contribution in [0.25, 0.3) is 0 Å². The summed E-state index contributed by atoms with van der Waals surface area (Å²) in [6.07, 6.45) is -4.38. The van der Waals surface area contributed by atoms with E-state index in [-0.39, 0.29) is 18.0 Å². The van der Waals surface area contributed by atoms with Gasteiger partial charge >= 0.3 is 12.2 Å². The number of fused-ring (bicyclic) bond motifs is 3. The van der Waals surface area contributed by atoms with Gasteiger partial charge in [0.2, 0.25) is 0 Å². The van der Waals surface area contributed by atoms with Crippen LogP contribution in [-0.4, -0.2) is 61.8 Å². The Hall–Kier alpha value is -1.80. The van der Waals surface area contributed by atoms with Gasteiger partial charge in [0.05, 0.1) is 24.8 Å². The van der Waals surface area contributed by atoms with Gasteiger partial charge in [-0.1, -0.05) is 0 Å². The van der Waals surface area contributed by atoms with Gasteiger partial charge in [0.1, 0.15) is 0 Å². The molecule has 2 fully saturated rings. The average Bonchev–Trinajstić information content (AvgIpc) is 2.77. The zero-order valence-electron chi connectivity index (χ0n) is 13.3. The molecule has 0 saturated carbocycles. The third-order valence-electron chi connectivity index (χ3n) is 4.38. The van der Waals surface area contributed by atoms with Crippen LogP contribution in [-0.2, 0) is 10.9 Å². The molecule has 1 aromatic rings. The predicted octanol–water partition coefficient (Wildman–Crippen LogP) is 2.50. The molecule has 0 aromatic heterocycles. The number of hydrogen-bond donors (Lipinski definition) is 1. The zero-order valence-corrected chi connectivity index (χ0v) is 13.3. The van der Waals surface area contributed by atoms with Crippen molar-refractivity contribution >= 4 is 11.7 Å². The number of carbonyl (C=O) groups is 1. The van der Waals surface area contributed by atoms with Gasteiger partial charge in [-0.25, -0.2) is 4.79 Å². The average molecular weight is 343 g/mol. The van der Waals surface area contributed by atoms with Crippen LogP contribution in [0.4, 0.5) is 23.7 Å². The third kappa shape index (κ3) is 3.81. The molecule has 0 aliphatic carbocycles. The van der Waals surface area contributed by atoms with E-state index in [2.05, 4.69) is 10.2 Å². The Labute approximate surface area is 138 Å². The largest absolute Gasteiger partial charge is 0.416 e. The van der Waals surface area contributed by atoms with Crippen LogP contribution in [0.1, 0.15) is 5.56 Å². The Morgan fingerprint density at radius 1 is 1.17 bits per heavy atom. The number of anilines is 1. The number of nitrogens with one attached hydrogen (secondary N) is 1. The molecule has 1 aromatic carbocycles. The minimum absolute atomic E-state index is 0.0584. The molecule has 0 spiro atoms. The summed E-state index contributed by atoms with van der Waals surface area (Å²) in [5.74, 6) is 0.237. The lowest BCUT2D eigenvalue weighted by Crippen LogP contribution is -2.47. The van der Waals surface area contributed by atoms with Gasteiger partial charge < -0.3 is 19.9 Å². The second kappa shape index (κ2) is 6.60. The molecule has 2 bridgehead atoms. The van der Waals surface area contributed by atoms with Gasteiger partial charge in [-0.3, -0.25) is 0 Å². The van der Waals surface area contributed by atoms with Crippen LogP contribution in [0, 0.1) is 5.92 Å². The quantitative estimate of drug-likeness (QED) is 0.852. The number of halogens is 3. The van der Waals surface area contributed by atoms with E-state index in [1.54, 1.807) is 4.90 Å². The molecular formula is C16H20F3N3O2.